The largest absolute Gasteiger partial charge is 0.461 e. The van der Waals surface area contributed by atoms with E-state index in [4.69, 9.17) is 18.9 Å². The average molecular weight is 292 g/mol. The lowest BCUT2D eigenvalue weighted by Crippen LogP contribution is -2.28. The normalized spacial score (nSPS) is 16.5. The molecule has 0 saturated heterocycles. The molecule has 2 rings (SSSR count). The lowest BCUT2D eigenvalue weighted by Gasteiger charge is -2.17. The number of hydrogen-bond acceptors (Lipinski definition) is 6. The van der Waals surface area contributed by atoms with E-state index < -0.39 is 17.9 Å². The van der Waals surface area contributed by atoms with E-state index in [0.29, 0.717) is 13.2 Å². The Bertz CT molecular complexity index is 480. The van der Waals surface area contributed by atoms with Crippen LogP contribution in [0.3, 0.4) is 0 Å². The molecule has 6 nitrogen and oxygen atoms in total. The highest BCUT2D eigenvalue weighted by Crippen LogP contribution is 2.16. The maximum Gasteiger partial charge on any atom is 0.328 e. The van der Waals surface area contributed by atoms with E-state index >= 15 is 0 Å². The molecular weight excluding hydrogens is 276 g/mol. The second-order valence-corrected chi connectivity index (χ2v) is 4.25. The second-order valence-electron chi connectivity index (χ2n) is 4.25. The summed E-state index contributed by atoms with van der Waals surface area (Å²) < 4.78 is 20.3. The molecular formula is C15H16O6. The Kier molecular flexibility index (Phi) is 5.20. The average Bonchev–Trinajstić information content (AvgIpc) is 2.50. The molecule has 2 aliphatic heterocycles. The Morgan fingerprint density at radius 3 is 1.86 bits per heavy atom. The Labute approximate surface area is 122 Å². The third kappa shape index (κ3) is 4.24. The van der Waals surface area contributed by atoms with Gasteiger partial charge in [-0.1, -0.05) is 19.1 Å². The fraction of sp³-hybridized carbons (Fsp3) is 0.333. The minimum absolute atomic E-state index is 0.0739. The number of esters is 2. The van der Waals surface area contributed by atoms with Gasteiger partial charge >= 0.3 is 11.9 Å². The quantitative estimate of drug-likeness (QED) is 0.570. The molecule has 0 unspecified atom stereocenters. The summed E-state index contributed by atoms with van der Waals surface area (Å²) in [4.78, 5) is 24.0. The number of carbonyl (C=O) groups excluding carboxylic acids is 2. The number of rotatable bonds is 5. The summed E-state index contributed by atoms with van der Waals surface area (Å²) in [6.07, 6.45) is 10.2. The maximum absolute atomic E-state index is 12.0. The first-order chi connectivity index (χ1) is 10.2. The fourth-order valence-electron chi connectivity index (χ4n) is 1.66. The molecule has 112 valence electrons. The van der Waals surface area contributed by atoms with E-state index in [1.165, 1.54) is 12.2 Å². The van der Waals surface area contributed by atoms with Gasteiger partial charge in [0, 0.05) is 12.2 Å². The smallest absolute Gasteiger partial charge is 0.328 e. The summed E-state index contributed by atoms with van der Waals surface area (Å²) in [5.74, 6) is -2.31. The SMILES string of the molecule is CCC(C(=O)OC1=CC=CCO1)C(=O)OC1=CC=CCO1. The molecule has 0 aliphatic carbocycles. The second kappa shape index (κ2) is 7.33. The van der Waals surface area contributed by atoms with E-state index in [1.807, 2.05) is 0 Å². The minimum Gasteiger partial charge on any atom is -0.461 e. The van der Waals surface area contributed by atoms with Crippen molar-refractivity contribution in [2.24, 2.45) is 5.92 Å². The van der Waals surface area contributed by atoms with Gasteiger partial charge in [-0.15, -0.1) is 0 Å². The van der Waals surface area contributed by atoms with Crippen molar-refractivity contribution in [3.05, 3.63) is 48.3 Å². The number of hydrogen-bond donors (Lipinski definition) is 0. The van der Waals surface area contributed by atoms with Gasteiger partial charge in [0.15, 0.2) is 5.92 Å². The van der Waals surface area contributed by atoms with Crippen LogP contribution in [0.4, 0.5) is 0 Å². The van der Waals surface area contributed by atoms with Crippen LogP contribution in [0.1, 0.15) is 13.3 Å². The summed E-state index contributed by atoms with van der Waals surface area (Å²) in [5.41, 5.74) is 0. The Hall–Kier alpha value is -2.50. The molecule has 0 aromatic heterocycles. The van der Waals surface area contributed by atoms with Gasteiger partial charge in [-0.25, -0.2) is 0 Å². The minimum atomic E-state index is -1.03. The van der Waals surface area contributed by atoms with Crippen LogP contribution >= 0.6 is 0 Å². The third-order valence-corrected chi connectivity index (χ3v) is 2.76. The van der Waals surface area contributed by atoms with Gasteiger partial charge in [0.05, 0.1) is 0 Å². The predicted molar refractivity (Wildman–Crippen MR) is 72.3 cm³/mol. The lowest BCUT2D eigenvalue weighted by molar-refractivity contribution is -0.163. The summed E-state index contributed by atoms with van der Waals surface area (Å²) in [5, 5.41) is 0. The molecule has 0 saturated carbocycles. The van der Waals surface area contributed by atoms with Crippen molar-refractivity contribution in [2.75, 3.05) is 13.2 Å². The highest BCUT2D eigenvalue weighted by Gasteiger charge is 2.30. The number of allylic oxidation sites excluding steroid dienone is 4. The molecule has 6 heteroatoms. The van der Waals surface area contributed by atoms with Gasteiger partial charge < -0.3 is 18.9 Å². The van der Waals surface area contributed by atoms with Crippen molar-refractivity contribution in [2.45, 2.75) is 13.3 Å². The fourth-order valence-corrected chi connectivity index (χ4v) is 1.66. The van der Waals surface area contributed by atoms with Gasteiger partial charge in [0.2, 0.25) is 0 Å². The molecule has 21 heavy (non-hydrogen) atoms. The van der Waals surface area contributed by atoms with Gasteiger partial charge in [0.25, 0.3) is 11.9 Å². The van der Waals surface area contributed by atoms with Crippen LogP contribution in [0.5, 0.6) is 0 Å². The van der Waals surface area contributed by atoms with E-state index in [-0.39, 0.29) is 18.3 Å². The molecule has 0 aromatic rings. The van der Waals surface area contributed by atoms with Crippen LogP contribution < -0.4 is 0 Å². The van der Waals surface area contributed by atoms with Gasteiger partial charge in [-0.05, 0) is 18.6 Å². The number of carbonyl (C=O) groups is 2. The zero-order chi connectivity index (χ0) is 15.1. The Balaban J connectivity index is 1.94. The number of ether oxygens (including phenoxy) is 4. The molecule has 0 N–H and O–H groups in total. The zero-order valence-corrected chi connectivity index (χ0v) is 11.6. The maximum atomic E-state index is 12.0. The highest BCUT2D eigenvalue weighted by atomic mass is 16.7. The monoisotopic (exact) mass is 292 g/mol. The van der Waals surface area contributed by atoms with Gasteiger partial charge in [-0.2, -0.15) is 0 Å². The first-order valence-corrected chi connectivity index (χ1v) is 6.63. The molecule has 0 spiro atoms. The zero-order valence-electron chi connectivity index (χ0n) is 11.6. The van der Waals surface area contributed by atoms with Crippen molar-refractivity contribution >= 4 is 11.9 Å². The molecule has 0 bridgehead atoms. The standard InChI is InChI=1S/C15H16O6/c1-2-11(14(16)20-12-7-3-5-9-18-12)15(17)21-13-8-4-6-10-19-13/h3-8,11H,2,9-10H2,1H3. The van der Waals surface area contributed by atoms with Gasteiger partial charge in [0.1, 0.15) is 13.2 Å². The molecule has 0 radical (unpaired) electrons. The topological polar surface area (TPSA) is 71.1 Å². The van der Waals surface area contributed by atoms with Crippen LogP contribution in [0.2, 0.25) is 0 Å². The summed E-state index contributed by atoms with van der Waals surface area (Å²) in [6.45, 7) is 2.35. The first-order valence-electron chi connectivity index (χ1n) is 6.63. The molecule has 0 amide bonds. The van der Waals surface area contributed by atoms with E-state index in [1.54, 1.807) is 31.2 Å². The summed E-state index contributed by atoms with van der Waals surface area (Å²) in [6, 6.07) is 0. The van der Waals surface area contributed by atoms with E-state index in [9.17, 15) is 9.59 Å². The Morgan fingerprint density at radius 1 is 1.05 bits per heavy atom. The van der Waals surface area contributed by atoms with Crippen molar-refractivity contribution in [1.29, 1.82) is 0 Å². The van der Waals surface area contributed by atoms with Crippen molar-refractivity contribution in [3.63, 3.8) is 0 Å². The van der Waals surface area contributed by atoms with Gasteiger partial charge in [-0.3, -0.25) is 9.59 Å². The Morgan fingerprint density at radius 2 is 1.52 bits per heavy atom. The van der Waals surface area contributed by atoms with Crippen molar-refractivity contribution in [3.8, 4) is 0 Å². The highest BCUT2D eigenvalue weighted by molar-refractivity contribution is 5.95. The van der Waals surface area contributed by atoms with Crippen LogP contribution in [0.15, 0.2) is 48.3 Å². The summed E-state index contributed by atoms with van der Waals surface area (Å²) >= 11 is 0. The van der Waals surface area contributed by atoms with Crippen LogP contribution in [0.25, 0.3) is 0 Å². The summed E-state index contributed by atoms with van der Waals surface area (Å²) in [7, 11) is 0. The lowest BCUT2D eigenvalue weighted by atomic mass is 10.1. The van der Waals surface area contributed by atoms with Crippen LogP contribution in [-0.2, 0) is 28.5 Å². The van der Waals surface area contributed by atoms with Crippen molar-refractivity contribution in [1.82, 2.24) is 0 Å². The predicted octanol–water partition coefficient (Wildman–Crippen LogP) is 1.95. The van der Waals surface area contributed by atoms with E-state index in [2.05, 4.69) is 0 Å². The van der Waals surface area contributed by atoms with Crippen LogP contribution in [-0.4, -0.2) is 25.2 Å². The third-order valence-electron chi connectivity index (χ3n) is 2.76. The van der Waals surface area contributed by atoms with E-state index in [0.717, 1.165) is 0 Å². The first kappa shape index (κ1) is 14.9. The van der Waals surface area contributed by atoms with Crippen molar-refractivity contribution < 1.29 is 28.5 Å². The molecule has 0 fully saturated rings. The molecule has 2 aliphatic rings. The molecule has 0 aromatic carbocycles. The molecule has 2 heterocycles. The molecule has 0 atom stereocenters. The van der Waals surface area contributed by atoms with Crippen LogP contribution in [0, 0.1) is 5.92 Å².